The molecule has 4 aromatic rings. The number of benzene rings is 1. The van der Waals surface area contributed by atoms with E-state index in [1.165, 1.54) is 35.2 Å². The molecule has 0 aliphatic heterocycles. The van der Waals surface area contributed by atoms with E-state index in [1.54, 1.807) is 7.11 Å². The molecule has 2 N–H and O–H groups in total. The van der Waals surface area contributed by atoms with Gasteiger partial charge in [-0.15, -0.1) is 0 Å². The van der Waals surface area contributed by atoms with E-state index in [2.05, 4.69) is 25.3 Å². The first-order valence-electron chi connectivity index (χ1n) is 6.28. The van der Waals surface area contributed by atoms with Crippen LogP contribution in [0.2, 0.25) is 0 Å². The molecule has 3 heterocycles. The van der Waals surface area contributed by atoms with Gasteiger partial charge in [0.25, 0.3) is 11.1 Å². The number of nitrogens with zero attached hydrogens (tertiary/aromatic N) is 3. The van der Waals surface area contributed by atoms with E-state index >= 15 is 0 Å². The highest BCUT2D eigenvalue weighted by Crippen LogP contribution is 2.38. The second kappa shape index (κ2) is 5.04. The van der Waals surface area contributed by atoms with Gasteiger partial charge < -0.3 is 9.72 Å². The van der Waals surface area contributed by atoms with E-state index in [0.29, 0.717) is 16.0 Å². The molecule has 22 heavy (non-hydrogen) atoms. The number of imidazole rings is 1. The van der Waals surface area contributed by atoms with E-state index in [9.17, 15) is 4.79 Å². The summed E-state index contributed by atoms with van der Waals surface area (Å²) in [6.45, 7) is 0. The number of hydrogen-bond donors (Lipinski definition) is 2. The van der Waals surface area contributed by atoms with Crippen molar-refractivity contribution in [2.75, 3.05) is 12.4 Å². The van der Waals surface area contributed by atoms with Crippen molar-refractivity contribution in [3.8, 4) is 5.19 Å². The van der Waals surface area contributed by atoms with Gasteiger partial charge in [-0.2, -0.15) is 0 Å². The molecule has 0 atom stereocenters. The average molecular weight is 331 g/mol. The van der Waals surface area contributed by atoms with Crippen molar-refractivity contribution in [2.45, 2.75) is 0 Å². The maximum atomic E-state index is 12.0. The van der Waals surface area contributed by atoms with Crippen molar-refractivity contribution in [1.29, 1.82) is 0 Å². The lowest BCUT2D eigenvalue weighted by molar-refractivity contribution is 0.102. The summed E-state index contributed by atoms with van der Waals surface area (Å²) in [5.41, 5.74) is 2.08. The van der Waals surface area contributed by atoms with E-state index in [0.717, 1.165) is 20.4 Å². The van der Waals surface area contributed by atoms with Crippen molar-refractivity contribution >= 4 is 54.1 Å². The number of thiazole rings is 2. The van der Waals surface area contributed by atoms with Crippen LogP contribution in [0.15, 0.2) is 24.7 Å². The average Bonchev–Trinajstić information content (AvgIpc) is 3.24. The zero-order chi connectivity index (χ0) is 15.1. The lowest BCUT2D eigenvalue weighted by Crippen LogP contribution is -2.11. The molecule has 0 saturated heterocycles. The molecule has 3 aromatic heterocycles. The Kier molecular flexibility index (Phi) is 3.01. The third kappa shape index (κ3) is 2.11. The molecule has 7 nitrogen and oxygen atoms in total. The van der Waals surface area contributed by atoms with Crippen molar-refractivity contribution < 1.29 is 9.53 Å². The number of carbonyl (C=O) groups is 1. The summed E-state index contributed by atoms with van der Waals surface area (Å²) in [7, 11) is 1.59. The molecule has 0 aliphatic carbocycles. The number of aromatic amines is 1. The lowest BCUT2D eigenvalue weighted by atomic mass is 10.3. The Balaban J connectivity index is 1.75. The molecular formula is C13H9N5O2S2. The second-order valence-electron chi connectivity index (χ2n) is 4.38. The first-order chi connectivity index (χ1) is 10.7. The third-order valence-corrected chi connectivity index (χ3v) is 5.21. The summed E-state index contributed by atoms with van der Waals surface area (Å²) in [4.78, 5) is 27.4. The molecule has 1 aromatic carbocycles. The number of anilines is 1. The normalized spacial score (nSPS) is 11.1. The van der Waals surface area contributed by atoms with Crippen LogP contribution in [0.3, 0.4) is 0 Å². The van der Waals surface area contributed by atoms with E-state index in [4.69, 9.17) is 4.74 Å². The summed E-state index contributed by atoms with van der Waals surface area (Å²) in [5.74, 6) is -0.269. The molecule has 110 valence electrons. The van der Waals surface area contributed by atoms with Crippen LogP contribution in [0.5, 0.6) is 5.19 Å². The predicted octanol–water partition coefficient (Wildman–Crippen LogP) is 2.89. The number of methoxy groups -OCH3 is 1. The Labute approximate surface area is 132 Å². The molecule has 1 amide bonds. The minimum absolute atomic E-state index is 0.269. The van der Waals surface area contributed by atoms with Gasteiger partial charge in [-0.05, 0) is 12.1 Å². The fourth-order valence-corrected chi connectivity index (χ4v) is 4.00. The van der Waals surface area contributed by atoms with Gasteiger partial charge in [0, 0.05) is 0 Å². The first-order valence-corrected chi connectivity index (χ1v) is 7.91. The van der Waals surface area contributed by atoms with Crippen LogP contribution in [0.25, 0.3) is 20.4 Å². The van der Waals surface area contributed by atoms with Gasteiger partial charge in [0.05, 0.1) is 40.1 Å². The van der Waals surface area contributed by atoms with Gasteiger partial charge in [-0.1, -0.05) is 22.7 Å². The SMILES string of the molecule is COc1nc2ccc3nc(NC(=O)c4cnc[nH]4)sc3c2s1. The fourth-order valence-electron chi connectivity index (χ4n) is 2.04. The zero-order valence-corrected chi connectivity index (χ0v) is 12.9. The molecule has 0 spiro atoms. The zero-order valence-electron chi connectivity index (χ0n) is 11.3. The van der Waals surface area contributed by atoms with Crippen molar-refractivity contribution in [3.63, 3.8) is 0 Å². The highest BCUT2D eigenvalue weighted by molar-refractivity contribution is 7.29. The minimum Gasteiger partial charge on any atom is -0.473 e. The molecule has 0 fully saturated rings. The quantitative estimate of drug-likeness (QED) is 0.602. The molecule has 0 bridgehead atoms. The molecule has 9 heteroatoms. The summed E-state index contributed by atoms with van der Waals surface area (Å²) >= 11 is 2.88. The van der Waals surface area contributed by atoms with Gasteiger partial charge in [-0.3, -0.25) is 10.1 Å². The maximum absolute atomic E-state index is 12.0. The Morgan fingerprint density at radius 1 is 1.23 bits per heavy atom. The summed E-state index contributed by atoms with van der Waals surface area (Å²) in [5, 5.41) is 3.92. The van der Waals surface area contributed by atoms with Crippen molar-refractivity contribution in [1.82, 2.24) is 19.9 Å². The van der Waals surface area contributed by atoms with Crippen LogP contribution >= 0.6 is 22.7 Å². The van der Waals surface area contributed by atoms with Crippen molar-refractivity contribution in [2.24, 2.45) is 0 Å². The number of aromatic nitrogens is 4. The molecule has 0 saturated carbocycles. The van der Waals surface area contributed by atoms with E-state index < -0.39 is 0 Å². The van der Waals surface area contributed by atoms with Crippen LogP contribution in [0.1, 0.15) is 10.5 Å². The standard InChI is InChI=1S/C13H9N5O2S2/c1-20-13-17-7-3-2-6-9(10(7)22-13)21-12(16-6)18-11(19)8-4-14-5-15-8/h2-5H,1H3,(H,14,15)(H,16,18,19). The predicted molar refractivity (Wildman–Crippen MR) is 85.9 cm³/mol. The van der Waals surface area contributed by atoms with Crippen LogP contribution in [-0.2, 0) is 0 Å². The maximum Gasteiger partial charge on any atom is 0.275 e. The number of hydrogen-bond acceptors (Lipinski definition) is 7. The summed E-state index contributed by atoms with van der Waals surface area (Å²) < 4.78 is 7.17. The van der Waals surface area contributed by atoms with Crippen LogP contribution in [0, 0.1) is 0 Å². The number of amides is 1. The summed E-state index contributed by atoms with van der Waals surface area (Å²) in [6.07, 6.45) is 2.93. The number of H-pyrrole nitrogens is 1. The number of rotatable bonds is 3. The Hall–Kier alpha value is -2.52. The Morgan fingerprint density at radius 2 is 2.00 bits per heavy atom. The van der Waals surface area contributed by atoms with Crippen molar-refractivity contribution in [3.05, 3.63) is 30.4 Å². The highest BCUT2D eigenvalue weighted by atomic mass is 32.1. The van der Waals surface area contributed by atoms with Gasteiger partial charge in [0.1, 0.15) is 5.69 Å². The van der Waals surface area contributed by atoms with Crippen LogP contribution < -0.4 is 10.1 Å². The van der Waals surface area contributed by atoms with Gasteiger partial charge >= 0.3 is 0 Å². The highest BCUT2D eigenvalue weighted by Gasteiger charge is 2.14. The first kappa shape index (κ1) is 13.2. The summed E-state index contributed by atoms with van der Waals surface area (Å²) in [6, 6.07) is 3.79. The number of fused-ring (bicyclic) bond motifs is 3. The fraction of sp³-hybridized carbons (Fsp3) is 0.0769. The topological polar surface area (TPSA) is 92.8 Å². The van der Waals surface area contributed by atoms with E-state index in [1.807, 2.05) is 12.1 Å². The second-order valence-corrected chi connectivity index (χ2v) is 6.35. The van der Waals surface area contributed by atoms with Crippen LogP contribution in [-0.4, -0.2) is 33.0 Å². The third-order valence-electron chi connectivity index (χ3n) is 3.03. The minimum atomic E-state index is -0.269. The van der Waals surface area contributed by atoms with Gasteiger partial charge in [0.2, 0.25) is 0 Å². The van der Waals surface area contributed by atoms with Gasteiger partial charge in [0.15, 0.2) is 5.13 Å². The molecule has 4 rings (SSSR count). The number of ether oxygens (including phenoxy) is 1. The number of nitrogens with one attached hydrogen (secondary N) is 2. The molecule has 0 aliphatic rings. The number of carbonyl (C=O) groups excluding carboxylic acids is 1. The van der Waals surface area contributed by atoms with E-state index in [-0.39, 0.29) is 5.91 Å². The monoisotopic (exact) mass is 331 g/mol. The van der Waals surface area contributed by atoms with Crippen LogP contribution in [0.4, 0.5) is 5.13 Å². The largest absolute Gasteiger partial charge is 0.473 e. The lowest BCUT2D eigenvalue weighted by Gasteiger charge is -1.96. The smallest absolute Gasteiger partial charge is 0.275 e. The molecule has 0 unspecified atom stereocenters. The Bertz CT molecular complexity index is 973. The van der Waals surface area contributed by atoms with Gasteiger partial charge in [-0.25, -0.2) is 15.0 Å². The molecule has 0 radical (unpaired) electrons. The Morgan fingerprint density at radius 3 is 2.73 bits per heavy atom. The molecular weight excluding hydrogens is 322 g/mol.